The Hall–Kier alpha value is -2.70. The number of nitrogens with zero attached hydrogens (tertiary/aromatic N) is 2. The molecule has 0 saturated heterocycles. The molecule has 2 aromatic rings. The van der Waals surface area contributed by atoms with Gasteiger partial charge in [0.05, 0.1) is 31.7 Å². The van der Waals surface area contributed by atoms with Gasteiger partial charge in [0, 0.05) is 5.39 Å². The summed E-state index contributed by atoms with van der Waals surface area (Å²) in [6.07, 6.45) is -0.0849. The van der Waals surface area contributed by atoms with Gasteiger partial charge < -0.3 is 9.47 Å². The molecule has 0 atom stereocenters. The fraction of sp³-hybridized carbons (Fsp3) is 0.286. The summed E-state index contributed by atoms with van der Waals surface area (Å²) < 4.78 is 10.1. The minimum absolute atomic E-state index is 0.0849. The van der Waals surface area contributed by atoms with Gasteiger partial charge in [0.2, 0.25) is 0 Å². The summed E-state index contributed by atoms with van der Waals surface area (Å²) in [5.41, 5.74) is -0.0365. The van der Waals surface area contributed by atoms with Crippen LogP contribution in [0.5, 0.6) is 0 Å². The van der Waals surface area contributed by atoms with E-state index in [1.54, 1.807) is 24.3 Å². The number of ether oxygens (including phenoxy) is 2. The maximum Gasteiger partial charge on any atom is 0.327 e. The Bertz CT molecular complexity index is 751. The quantitative estimate of drug-likeness (QED) is 0.752. The third kappa shape index (κ3) is 3.07. The monoisotopic (exact) mass is 290 g/mol. The molecule has 21 heavy (non-hydrogen) atoms. The first kappa shape index (κ1) is 14.7. The molecule has 0 amide bonds. The Morgan fingerprint density at radius 3 is 2.33 bits per heavy atom. The number of benzene rings is 1. The SMILES string of the molecule is COC(=O)Cc1nn(CC(=O)OC)c(=O)c2ccccc12. The van der Waals surface area contributed by atoms with E-state index >= 15 is 0 Å². The first-order valence-electron chi connectivity index (χ1n) is 6.19. The highest BCUT2D eigenvalue weighted by atomic mass is 16.5. The van der Waals surface area contributed by atoms with Gasteiger partial charge in [-0.25, -0.2) is 4.68 Å². The molecule has 0 N–H and O–H groups in total. The second kappa shape index (κ2) is 6.17. The normalized spacial score (nSPS) is 10.4. The highest BCUT2D eigenvalue weighted by molar-refractivity contribution is 5.87. The van der Waals surface area contributed by atoms with E-state index in [2.05, 4.69) is 14.6 Å². The van der Waals surface area contributed by atoms with Crippen LogP contribution in [0.3, 0.4) is 0 Å². The molecule has 1 heterocycles. The maximum absolute atomic E-state index is 12.3. The average molecular weight is 290 g/mol. The lowest BCUT2D eigenvalue weighted by Gasteiger charge is -2.09. The van der Waals surface area contributed by atoms with E-state index in [-0.39, 0.29) is 13.0 Å². The van der Waals surface area contributed by atoms with Gasteiger partial charge in [0.15, 0.2) is 0 Å². The molecule has 0 aliphatic heterocycles. The molecular formula is C14H14N2O5. The van der Waals surface area contributed by atoms with Crippen LogP contribution in [-0.2, 0) is 32.0 Å². The predicted octanol–water partition coefficient (Wildman–Crippen LogP) is 0.285. The highest BCUT2D eigenvalue weighted by Gasteiger charge is 2.15. The summed E-state index contributed by atoms with van der Waals surface area (Å²) in [6.45, 7) is -0.311. The molecule has 1 aromatic carbocycles. The van der Waals surface area contributed by atoms with Gasteiger partial charge in [-0.1, -0.05) is 18.2 Å². The fourth-order valence-corrected chi connectivity index (χ4v) is 1.94. The average Bonchev–Trinajstić information content (AvgIpc) is 2.51. The van der Waals surface area contributed by atoms with E-state index in [0.717, 1.165) is 4.68 Å². The number of carbonyl (C=O) groups is 2. The summed E-state index contributed by atoms with van der Waals surface area (Å²) in [7, 11) is 2.50. The van der Waals surface area contributed by atoms with Crippen molar-refractivity contribution in [1.82, 2.24) is 9.78 Å². The van der Waals surface area contributed by atoms with Crippen molar-refractivity contribution >= 4 is 22.7 Å². The van der Waals surface area contributed by atoms with Crippen LogP contribution in [0.15, 0.2) is 29.1 Å². The lowest BCUT2D eigenvalue weighted by atomic mass is 10.1. The van der Waals surface area contributed by atoms with Gasteiger partial charge in [-0.2, -0.15) is 5.10 Å². The number of hydrogen-bond acceptors (Lipinski definition) is 6. The summed E-state index contributed by atoms with van der Waals surface area (Å²) >= 11 is 0. The van der Waals surface area contributed by atoms with Crippen molar-refractivity contribution in [2.75, 3.05) is 14.2 Å². The van der Waals surface area contributed by atoms with Crippen molar-refractivity contribution in [2.24, 2.45) is 0 Å². The zero-order valence-corrected chi connectivity index (χ0v) is 11.7. The highest BCUT2D eigenvalue weighted by Crippen LogP contribution is 2.14. The smallest absolute Gasteiger partial charge is 0.327 e. The Balaban J connectivity index is 2.60. The number of methoxy groups -OCH3 is 2. The van der Waals surface area contributed by atoms with Crippen molar-refractivity contribution in [1.29, 1.82) is 0 Å². The molecule has 7 nitrogen and oxygen atoms in total. The van der Waals surface area contributed by atoms with Crippen molar-refractivity contribution in [3.63, 3.8) is 0 Å². The molecule has 7 heteroatoms. The van der Waals surface area contributed by atoms with E-state index in [1.165, 1.54) is 14.2 Å². The largest absolute Gasteiger partial charge is 0.469 e. The Morgan fingerprint density at radius 2 is 1.71 bits per heavy atom. The number of aromatic nitrogens is 2. The van der Waals surface area contributed by atoms with Crippen molar-refractivity contribution in [3.8, 4) is 0 Å². The minimum atomic E-state index is -0.594. The summed E-state index contributed by atoms with van der Waals surface area (Å²) in [5.74, 6) is -1.07. The van der Waals surface area contributed by atoms with Gasteiger partial charge in [-0.3, -0.25) is 14.4 Å². The second-order valence-corrected chi connectivity index (χ2v) is 4.28. The van der Waals surface area contributed by atoms with Gasteiger partial charge in [-0.15, -0.1) is 0 Å². The number of fused-ring (bicyclic) bond motifs is 1. The number of carbonyl (C=O) groups excluding carboxylic acids is 2. The third-order valence-electron chi connectivity index (χ3n) is 2.99. The van der Waals surface area contributed by atoms with E-state index < -0.39 is 17.5 Å². The Kier molecular flexibility index (Phi) is 4.32. The summed E-state index contributed by atoms with van der Waals surface area (Å²) in [6, 6.07) is 6.77. The van der Waals surface area contributed by atoms with Crippen molar-refractivity contribution in [2.45, 2.75) is 13.0 Å². The molecule has 110 valence electrons. The van der Waals surface area contributed by atoms with Crippen LogP contribution >= 0.6 is 0 Å². The Labute approximate surface area is 120 Å². The minimum Gasteiger partial charge on any atom is -0.469 e. The van der Waals surface area contributed by atoms with Crippen LogP contribution in [0.25, 0.3) is 10.8 Å². The number of rotatable bonds is 4. The molecule has 0 bridgehead atoms. The predicted molar refractivity (Wildman–Crippen MR) is 73.7 cm³/mol. The number of hydrogen-bond donors (Lipinski definition) is 0. The molecule has 2 rings (SSSR count). The maximum atomic E-state index is 12.3. The van der Waals surface area contributed by atoms with E-state index in [9.17, 15) is 14.4 Å². The molecule has 0 fully saturated rings. The third-order valence-corrected chi connectivity index (χ3v) is 2.99. The van der Waals surface area contributed by atoms with Gasteiger partial charge in [0.25, 0.3) is 5.56 Å². The molecule has 0 saturated carbocycles. The lowest BCUT2D eigenvalue weighted by molar-refractivity contribution is -0.141. The molecule has 0 unspecified atom stereocenters. The zero-order chi connectivity index (χ0) is 15.4. The lowest BCUT2D eigenvalue weighted by Crippen LogP contribution is -2.29. The standard InChI is InChI=1S/C14H14N2O5/c1-20-12(17)7-11-9-5-3-4-6-10(9)14(19)16(15-11)8-13(18)21-2/h3-6H,7-8H2,1-2H3. The Morgan fingerprint density at radius 1 is 1.10 bits per heavy atom. The zero-order valence-electron chi connectivity index (χ0n) is 11.7. The van der Waals surface area contributed by atoms with Gasteiger partial charge in [-0.05, 0) is 6.07 Å². The van der Waals surface area contributed by atoms with Crippen LogP contribution in [-0.4, -0.2) is 35.9 Å². The van der Waals surface area contributed by atoms with Crippen LogP contribution in [0.4, 0.5) is 0 Å². The van der Waals surface area contributed by atoms with E-state index in [4.69, 9.17) is 0 Å². The van der Waals surface area contributed by atoms with E-state index in [0.29, 0.717) is 16.5 Å². The molecule has 0 aliphatic rings. The van der Waals surface area contributed by atoms with Crippen molar-refractivity contribution < 1.29 is 19.1 Å². The topological polar surface area (TPSA) is 87.5 Å². The van der Waals surface area contributed by atoms with Crippen molar-refractivity contribution in [3.05, 3.63) is 40.3 Å². The van der Waals surface area contributed by atoms with Gasteiger partial charge in [0.1, 0.15) is 6.54 Å². The number of esters is 2. The first-order chi connectivity index (χ1) is 10.1. The second-order valence-electron chi connectivity index (χ2n) is 4.28. The van der Waals surface area contributed by atoms with Crippen LogP contribution < -0.4 is 5.56 Å². The molecule has 0 spiro atoms. The van der Waals surface area contributed by atoms with Crippen LogP contribution in [0, 0.1) is 0 Å². The molecule has 1 aromatic heterocycles. The first-order valence-corrected chi connectivity index (χ1v) is 6.19. The van der Waals surface area contributed by atoms with Crippen LogP contribution in [0.2, 0.25) is 0 Å². The molecule has 0 aliphatic carbocycles. The van der Waals surface area contributed by atoms with Crippen LogP contribution in [0.1, 0.15) is 5.69 Å². The summed E-state index contributed by atoms with van der Waals surface area (Å²) in [4.78, 5) is 35.1. The van der Waals surface area contributed by atoms with E-state index in [1.807, 2.05) is 0 Å². The molecule has 0 radical (unpaired) electrons. The fourth-order valence-electron chi connectivity index (χ4n) is 1.94. The summed E-state index contributed by atoms with van der Waals surface area (Å²) in [5, 5.41) is 5.03. The molecular weight excluding hydrogens is 276 g/mol. The van der Waals surface area contributed by atoms with Gasteiger partial charge >= 0.3 is 11.9 Å².